The average Bonchev–Trinajstić information content (AvgIpc) is 2.81. The third-order valence-corrected chi connectivity index (χ3v) is 4.99. The Kier molecular flexibility index (Phi) is 2.61. The summed E-state index contributed by atoms with van der Waals surface area (Å²) in [5.74, 6) is 0. The van der Waals surface area contributed by atoms with Crippen molar-refractivity contribution in [2.45, 2.75) is 29.7 Å². The van der Waals surface area contributed by atoms with Crippen LogP contribution in [0, 0.1) is 0 Å². The first-order valence-corrected chi connectivity index (χ1v) is 6.69. The first-order valence-electron chi connectivity index (χ1n) is 4.32. The van der Waals surface area contributed by atoms with Gasteiger partial charge in [-0.05, 0) is 29.9 Å². The minimum atomic E-state index is -3.33. The van der Waals surface area contributed by atoms with Crippen LogP contribution in [0.1, 0.15) is 18.4 Å². The normalized spacial score (nSPS) is 17.2. The van der Waals surface area contributed by atoms with E-state index >= 15 is 0 Å². The second-order valence-corrected chi connectivity index (χ2v) is 6.18. The highest BCUT2D eigenvalue weighted by Gasteiger charge is 2.28. The van der Waals surface area contributed by atoms with Gasteiger partial charge in [0.15, 0.2) is 0 Å². The molecule has 14 heavy (non-hydrogen) atoms. The van der Waals surface area contributed by atoms with Crippen LogP contribution in [0.4, 0.5) is 0 Å². The topological polar surface area (TPSA) is 66.4 Å². The number of sulfonamides is 1. The molecule has 1 heterocycles. The quantitative estimate of drug-likeness (QED) is 0.803. The van der Waals surface area contributed by atoms with E-state index in [-0.39, 0.29) is 16.9 Å². The number of hydrogen-bond acceptors (Lipinski definition) is 4. The van der Waals surface area contributed by atoms with Gasteiger partial charge in [-0.1, -0.05) is 0 Å². The monoisotopic (exact) mass is 233 g/mol. The van der Waals surface area contributed by atoms with Gasteiger partial charge >= 0.3 is 0 Å². The molecule has 0 unspecified atom stereocenters. The molecule has 0 aliphatic heterocycles. The summed E-state index contributed by atoms with van der Waals surface area (Å²) in [5, 5.41) is 10.5. The summed E-state index contributed by atoms with van der Waals surface area (Å²) in [5.41, 5.74) is 0.645. The van der Waals surface area contributed by atoms with Crippen LogP contribution in [-0.4, -0.2) is 19.6 Å². The lowest BCUT2D eigenvalue weighted by molar-refractivity contribution is 0.282. The molecule has 1 fully saturated rings. The molecule has 0 spiro atoms. The van der Waals surface area contributed by atoms with E-state index in [1.54, 1.807) is 5.38 Å². The molecular weight excluding hydrogens is 222 g/mol. The molecule has 78 valence electrons. The molecule has 0 aromatic carbocycles. The van der Waals surface area contributed by atoms with Gasteiger partial charge in [0, 0.05) is 6.04 Å². The summed E-state index contributed by atoms with van der Waals surface area (Å²) in [6, 6.07) is 1.63. The molecule has 2 rings (SSSR count). The van der Waals surface area contributed by atoms with Crippen molar-refractivity contribution < 1.29 is 13.5 Å². The van der Waals surface area contributed by atoms with Gasteiger partial charge in [0.05, 0.1) is 6.61 Å². The summed E-state index contributed by atoms with van der Waals surface area (Å²) in [4.78, 5) is 0. The van der Waals surface area contributed by atoms with E-state index in [0.717, 1.165) is 24.2 Å². The van der Waals surface area contributed by atoms with Crippen molar-refractivity contribution in [3.8, 4) is 0 Å². The average molecular weight is 233 g/mol. The Bertz CT molecular complexity index is 420. The molecular formula is C8H11NO3S2. The van der Waals surface area contributed by atoms with E-state index in [0.29, 0.717) is 5.56 Å². The number of aliphatic hydroxyl groups excluding tert-OH is 1. The van der Waals surface area contributed by atoms with Gasteiger partial charge in [0.2, 0.25) is 10.0 Å². The molecule has 1 aromatic rings. The minimum absolute atomic E-state index is 0.116. The Morgan fingerprint density at radius 3 is 2.79 bits per heavy atom. The first-order chi connectivity index (χ1) is 6.62. The fourth-order valence-electron chi connectivity index (χ4n) is 1.06. The van der Waals surface area contributed by atoms with Crippen molar-refractivity contribution in [3.05, 3.63) is 17.0 Å². The molecule has 0 atom stereocenters. The van der Waals surface area contributed by atoms with Gasteiger partial charge in [-0.15, -0.1) is 11.3 Å². The molecule has 0 bridgehead atoms. The molecule has 4 nitrogen and oxygen atoms in total. The van der Waals surface area contributed by atoms with Gasteiger partial charge in [-0.2, -0.15) is 0 Å². The molecule has 0 saturated heterocycles. The van der Waals surface area contributed by atoms with Gasteiger partial charge < -0.3 is 5.11 Å². The van der Waals surface area contributed by atoms with Gasteiger partial charge in [0.1, 0.15) is 4.21 Å². The van der Waals surface area contributed by atoms with Crippen LogP contribution < -0.4 is 4.72 Å². The molecule has 0 amide bonds. The van der Waals surface area contributed by atoms with Crippen LogP contribution in [0.5, 0.6) is 0 Å². The predicted octanol–water partition coefficient (Wildman–Crippen LogP) is 0.681. The van der Waals surface area contributed by atoms with Crippen LogP contribution in [0.3, 0.4) is 0 Å². The fraction of sp³-hybridized carbons (Fsp3) is 0.500. The van der Waals surface area contributed by atoms with Crippen molar-refractivity contribution in [1.82, 2.24) is 4.72 Å². The number of thiophene rings is 1. The minimum Gasteiger partial charge on any atom is -0.392 e. The zero-order valence-electron chi connectivity index (χ0n) is 7.43. The van der Waals surface area contributed by atoms with E-state index in [1.165, 1.54) is 6.07 Å². The number of rotatable bonds is 4. The smallest absolute Gasteiger partial charge is 0.250 e. The summed E-state index contributed by atoms with van der Waals surface area (Å²) < 4.78 is 26.1. The Hall–Kier alpha value is -0.430. The van der Waals surface area contributed by atoms with E-state index in [1.807, 2.05) is 0 Å². The molecule has 0 radical (unpaired) electrons. The SMILES string of the molecule is O=S(=O)(NC1CC1)c1cc(CO)cs1. The van der Waals surface area contributed by atoms with Crippen molar-refractivity contribution >= 4 is 21.4 Å². The Morgan fingerprint density at radius 2 is 2.29 bits per heavy atom. The maximum Gasteiger partial charge on any atom is 0.250 e. The Morgan fingerprint density at radius 1 is 1.57 bits per heavy atom. The molecule has 1 aromatic heterocycles. The van der Waals surface area contributed by atoms with E-state index in [2.05, 4.69) is 4.72 Å². The third kappa shape index (κ3) is 2.14. The zero-order valence-corrected chi connectivity index (χ0v) is 9.07. The fourth-order valence-corrected chi connectivity index (χ4v) is 3.58. The lowest BCUT2D eigenvalue weighted by atomic mass is 10.4. The standard InChI is InChI=1S/C8H11NO3S2/c10-4-6-3-8(13-5-6)14(11,12)9-7-1-2-7/h3,5,7,9-10H,1-2,4H2. The van der Waals surface area contributed by atoms with Crippen molar-refractivity contribution in [1.29, 1.82) is 0 Å². The number of hydrogen-bond donors (Lipinski definition) is 2. The Labute approximate surface area is 86.6 Å². The van der Waals surface area contributed by atoms with Gasteiger partial charge in [0.25, 0.3) is 0 Å². The van der Waals surface area contributed by atoms with Crippen LogP contribution in [0.15, 0.2) is 15.7 Å². The van der Waals surface area contributed by atoms with Crippen molar-refractivity contribution in [2.24, 2.45) is 0 Å². The summed E-state index contributed by atoms with van der Waals surface area (Å²) in [6.45, 7) is -0.116. The number of nitrogens with one attached hydrogen (secondary N) is 1. The van der Waals surface area contributed by atoms with E-state index in [4.69, 9.17) is 5.11 Å². The highest BCUT2D eigenvalue weighted by Crippen LogP contribution is 2.25. The largest absolute Gasteiger partial charge is 0.392 e. The second-order valence-electron chi connectivity index (χ2n) is 3.33. The third-order valence-electron chi connectivity index (χ3n) is 1.98. The highest BCUT2D eigenvalue weighted by molar-refractivity contribution is 7.91. The van der Waals surface area contributed by atoms with Gasteiger partial charge in [-0.25, -0.2) is 13.1 Å². The number of aliphatic hydroxyl groups is 1. The second kappa shape index (κ2) is 3.62. The lowest BCUT2D eigenvalue weighted by Gasteiger charge is -2.00. The van der Waals surface area contributed by atoms with Crippen LogP contribution >= 0.6 is 11.3 Å². The molecule has 1 saturated carbocycles. The first kappa shape index (κ1) is 10.1. The predicted molar refractivity (Wildman–Crippen MR) is 53.6 cm³/mol. The maximum absolute atomic E-state index is 11.6. The van der Waals surface area contributed by atoms with E-state index < -0.39 is 10.0 Å². The molecule has 6 heteroatoms. The Balaban J connectivity index is 2.19. The van der Waals surface area contributed by atoms with Crippen LogP contribution in [-0.2, 0) is 16.6 Å². The maximum atomic E-state index is 11.6. The van der Waals surface area contributed by atoms with Crippen molar-refractivity contribution in [2.75, 3.05) is 0 Å². The van der Waals surface area contributed by atoms with E-state index in [9.17, 15) is 8.42 Å². The highest BCUT2D eigenvalue weighted by atomic mass is 32.2. The molecule has 2 N–H and O–H groups in total. The summed E-state index contributed by atoms with van der Waals surface area (Å²) in [6.07, 6.45) is 1.86. The van der Waals surface area contributed by atoms with Crippen LogP contribution in [0.25, 0.3) is 0 Å². The van der Waals surface area contributed by atoms with Gasteiger partial charge in [-0.3, -0.25) is 0 Å². The lowest BCUT2D eigenvalue weighted by Crippen LogP contribution is -2.24. The summed E-state index contributed by atoms with van der Waals surface area (Å²) >= 11 is 1.14. The van der Waals surface area contributed by atoms with Crippen LogP contribution in [0.2, 0.25) is 0 Å². The summed E-state index contributed by atoms with van der Waals surface area (Å²) in [7, 11) is -3.33. The zero-order chi connectivity index (χ0) is 10.2. The molecule has 1 aliphatic carbocycles. The van der Waals surface area contributed by atoms with Crippen molar-refractivity contribution in [3.63, 3.8) is 0 Å². The molecule has 1 aliphatic rings.